The van der Waals surface area contributed by atoms with Crippen LogP contribution in [-0.2, 0) is 0 Å². The first kappa shape index (κ1) is 17.3. The third kappa shape index (κ3) is 3.67. The summed E-state index contributed by atoms with van der Waals surface area (Å²) in [5.74, 6) is 1.88. The molecule has 2 aliphatic heterocycles. The molecule has 3 heterocycles. The van der Waals surface area contributed by atoms with Crippen LogP contribution in [0.3, 0.4) is 0 Å². The molecule has 1 aromatic carbocycles. The average molecular weight is 416 g/mol. The number of hydrogen-bond acceptors (Lipinski definition) is 5. The van der Waals surface area contributed by atoms with Crippen molar-refractivity contribution in [3.63, 3.8) is 0 Å². The fraction of sp³-hybridized carbons (Fsp3) is 0.421. The summed E-state index contributed by atoms with van der Waals surface area (Å²) in [5, 5.41) is 0. The van der Waals surface area contributed by atoms with Crippen LogP contribution >= 0.6 is 15.9 Å². The zero-order valence-corrected chi connectivity index (χ0v) is 16.2. The summed E-state index contributed by atoms with van der Waals surface area (Å²) in [7, 11) is 0. The number of hydrogen-bond donors (Lipinski definition) is 0. The Balaban J connectivity index is 1.39. The molecule has 2 saturated heterocycles. The number of piperazine rings is 1. The van der Waals surface area contributed by atoms with E-state index in [0.29, 0.717) is 13.1 Å². The number of rotatable bonds is 3. The van der Waals surface area contributed by atoms with E-state index in [1.165, 1.54) is 12.8 Å². The van der Waals surface area contributed by atoms with Crippen molar-refractivity contribution in [1.82, 2.24) is 14.9 Å². The summed E-state index contributed by atoms with van der Waals surface area (Å²) in [6, 6.07) is 9.51. The van der Waals surface area contributed by atoms with Gasteiger partial charge in [0.1, 0.15) is 5.82 Å². The molecule has 1 aromatic heterocycles. The maximum atomic E-state index is 12.6. The third-order valence-electron chi connectivity index (χ3n) is 5.00. The Morgan fingerprint density at radius 3 is 2.27 bits per heavy atom. The molecule has 6 nitrogen and oxygen atoms in total. The molecule has 0 aliphatic carbocycles. The molecule has 4 rings (SSSR count). The average Bonchev–Trinajstić information content (AvgIpc) is 3.23. The van der Waals surface area contributed by atoms with Crippen LogP contribution in [0.4, 0.5) is 11.8 Å². The van der Waals surface area contributed by atoms with Crippen LogP contribution in [0.2, 0.25) is 0 Å². The quantitative estimate of drug-likeness (QED) is 0.771. The molecule has 0 atom stereocenters. The van der Waals surface area contributed by atoms with Crippen molar-refractivity contribution in [3.05, 3.63) is 46.6 Å². The van der Waals surface area contributed by atoms with Gasteiger partial charge in [-0.2, -0.15) is 4.98 Å². The van der Waals surface area contributed by atoms with Crippen LogP contribution in [0.15, 0.2) is 41.0 Å². The van der Waals surface area contributed by atoms with Crippen molar-refractivity contribution in [2.45, 2.75) is 12.8 Å². The molecule has 0 spiro atoms. The summed E-state index contributed by atoms with van der Waals surface area (Å²) in [4.78, 5) is 28.2. The molecule has 2 aromatic rings. The zero-order chi connectivity index (χ0) is 17.9. The molecule has 7 heteroatoms. The lowest BCUT2D eigenvalue weighted by atomic mass is 10.2. The number of anilines is 2. The maximum absolute atomic E-state index is 12.6. The predicted molar refractivity (Wildman–Crippen MR) is 106 cm³/mol. The van der Waals surface area contributed by atoms with Crippen molar-refractivity contribution in [2.75, 3.05) is 49.1 Å². The second kappa shape index (κ2) is 7.61. The molecular formula is C19H22BrN5O. The molecule has 26 heavy (non-hydrogen) atoms. The van der Waals surface area contributed by atoms with Gasteiger partial charge < -0.3 is 14.7 Å². The number of carbonyl (C=O) groups excluding carboxylic acids is 1. The van der Waals surface area contributed by atoms with Crippen molar-refractivity contribution in [1.29, 1.82) is 0 Å². The Kier molecular flexibility index (Phi) is 5.06. The molecule has 0 unspecified atom stereocenters. The van der Waals surface area contributed by atoms with E-state index in [2.05, 4.69) is 30.7 Å². The second-order valence-electron chi connectivity index (χ2n) is 6.70. The first-order chi connectivity index (χ1) is 12.7. The van der Waals surface area contributed by atoms with Crippen LogP contribution in [0.25, 0.3) is 0 Å². The van der Waals surface area contributed by atoms with Gasteiger partial charge in [0.25, 0.3) is 5.91 Å². The summed E-state index contributed by atoms with van der Waals surface area (Å²) in [6.45, 7) is 5.07. The minimum absolute atomic E-state index is 0.0950. The number of benzene rings is 1. The van der Waals surface area contributed by atoms with Gasteiger partial charge in [0.05, 0.1) is 0 Å². The van der Waals surface area contributed by atoms with Gasteiger partial charge in [-0.25, -0.2) is 4.98 Å². The highest BCUT2D eigenvalue weighted by molar-refractivity contribution is 9.10. The van der Waals surface area contributed by atoms with E-state index in [-0.39, 0.29) is 5.91 Å². The van der Waals surface area contributed by atoms with Crippen molar-refractivity contribution < 1.29 is 4.79 Å². The van der Waals surface area contributed by atoms with Crippen molar-refractivity contribution >= 4 is 33.6 Å². The molecule has 136 valence electrons. The lowest BCUT2D eigenvalue weighted by molar-refractivity contribution is 0.0746. The Morgan fingerprint density at radius 1 is 0.885 bits per heavy atom. The molecule has 2 fully saturated rings. The van der Waals surface area contributed by atoms with Gasteiger partial charge in [0.15, 0.2) is 0 Å². The molecule has 1 amide bonds. The van der Waals surface area contributed by atoms with Crippen LogP contribution in [0, 0.1) is 0 Å². The van der Waals surface area contributed by atoms with Gasteiger partial charge >= 0.3 is 0 Å². The van der Waals surface area contributed by atoms with E-state index in [4.69, 9.17) is 4.98 Å². The van der Waals surface area contributed by atoms with Gasteiger partial charge in [-0.15, -0.1) is 0 Å². The molecule has 0 saturated carbocycles. The predicted octanol–water partition coefficient (Wildman–Crippen LogP) is 2.80. The van der Waals surface area contributed by atoms with Gasteiger partial charge in [-0.05, 0) is 43.2 Å². The number of aromatic nitrogens is 2. The van der Waals surface area contributed by atoms with Gasteiger partial charge in [-0.3, -0.25) is 4.79 Å². The highest BCUT2D eigenvalue weighted by atomic mass is 79.9. The van der Waals surface area contributed by atoms with Gasteiger partial charge in [0, 0.05) is 55.5 Å². The van der Waals surface area contributed by atoms with Crippen LogP contribution < -0.4 is 9.80 Å². The summed E-state index contributed by atoms with van der Waals surface area (Å²) < 4.78 is 0.983. The normalized spacial score (nSPS) is 17.7. The molecule has 2 aliphatic rings. The third-order valence-corrected chi connectivity index (χ3v) is 5.53. The van der Waals surface area contributed by atoms with E-state index in [0.717, 1.165) is 48.0 Å². The standard InChI is InChI=1S/C19H22BrN5O/c20-16-5-3-15(4-6-16)18(26)24-13-11-23(12-14-24)17-7-8-21-19(22-17)25-9-1-2-10-25/h3-8H,1-2,9-14H2. The second-order valence-corrected chi connectivity index (χ2v) is 7.61. The molecule has 0 bridgehead atoms. The Labute approximate surface area is 162 Å². The lowest BCUT2D eigenvalue weighted by Gasteiger charge is -2.35. The van der Waals surface area contributed by atoms with Crippen LogP contribution in [0.1, 0.15) is 23.2 Å². The van der Waals surface area contributed by atoms with Crippen LogP contribution in [-0.4, -0.2) is 60.0 Å². The Morgan fingerprint density at radius 2 is 1.58 bits per heavy atom. The van der Waals surface area contributed by atoms with E-state index in [1.54, 1.807) is 0 Å². The number of halogens is 1. The number of carbonyl (C=O) groups is 1. The number of nitrogens with zero attached hydrogens (tertiary/aromatic N) is 5. The van der Waals surface area contributed by atoms with E-state index in [1.807, 2.05) is 41.4 Å². The highest BCUT2D eigenvalue weighted by Crippen LogP contribution is 2.20. The SMILES string of the molecule is O=C(c1ccc(Br)cc1)N1CCN(c2ccnc(N3CCCC3)n2)CC1. The van der Waals surface area contributed by atoms with E-state index in [9.17, 15) is 4.79 Å². The molecule has 0 radical (unpaired) electrons. The van der Waals surface area contributed by atoms with Crippen LogP contribution in [0.5, 0.6) is 0 Å². The van der Waals surface area contributed by atoms with Gasteiger partial charge in [-0.1, -0.05) is 15.9 Å². The topological polar surface area (TPSA) is 52.6 Å². The fourth-order valence-electron chi connectivity index (χ4n) is 3.50. The molecule has 0 N–H and O–H groups in total. The Hall–Kier alpha value is -2.15. The minimum Gasteiger partial charge on any atom is -0.353 e. The summed E-state index contributed by atoms with van der Waals surface area (Å²) in [5.41, 5.74) is 0.736. The maximum Gasteiger partial charge on any atom is 0.253 e. The summed E-state index contributed by atoms with van der Waals surface area (Å²) >= 11 is 3.41. The fourth-order valence-corrected chi connectivity index (χ4v) is 3.76. The van der Waals surface area contributed by atoms with E-state index >= 15 is 0 Å². The Bertz CT molecular complexity index is 768. The first-order valence-corrected chi connectivity index (χ1v) is 9.88. The smallest absolute Gasteiger partial charge is 0.253 e. The van der Waals surface area contributed by atoms with Crippen molar-refractivity contribution in [2.24, 2.45) is 0 Å². The molecular weight excluding hydrogens is 394 g/mol. The first-order valence-electron chi connectivity index (χ1n) is 9.08. The monoisotopic (exact) mass is 415 g/mol. The zero-order valence-electron chi connectivity index (χ0n) is 14.6. The van der Waals surface area contributed by atoms with Gasteiger partial charge in [0.2, 0.25) is 5.95 Å². The largest absolute Gasteiger partial charge is 0.353 e. The summed E-state index contributed by atoms with van der Waals surface area (Å²) in [6.07, 6.45) is 4.27. The lowest BCUT2D eigenvalue weighted by Crippen LogP contribution is -2.49. The minimum atomic E-state index is 0.0950. The van der Waals surface area contributed by atoms with E-state index < -0.39 is 0 Å². The van der Waals surface area contributed by atoms with Crippen molar-refractivity contribution in [3.8, 4) is 0 Å². The highest BCUT2D eigenvalue weighted by Gasteiger charge is 2.24. The number of amides is 1.